The van der Waals surface area contributed by atoms with E-state index in [4.69, 9.17) is 15.2 Å². The fraction of sp³-hybridized carbons (Fsp3) is 0.462. The van der Waals surface area contributed by atoms with Gasteiger partial charge in [0.25, 0.3) is 5.91 Å². The van der Waals surface area contributed by atoms with Gasteiger partial charge in [-0.3, -0.25) is 4.79 Å². The average Bonchev–Trinajstić information content (AvgIpc) is 2.93. The average molecular weight is 327 g/mol. The summed E-state index contributed by atoms with van der Waals surface area (Å²) in [5, 5.41) is 2.62. The quantitative estimate of drug-likeness (QED) is 0.792. The minimum absolute atomic E-state index is 0.0130. The highest BCUT2D eigenvalue weighted by Gasteiger charge is 2.34. The Balaban J connectivity index is 2.04. The number of nitrogens with two attached hydrogens (primary N) is 1. The van der Waals surface area contributed by atoms with E-state index >= 15 is 0 Å². The molecule has 22 heavy (non-hydrogen) atoms. The Morgan fingerprint density at radius 3 is 2.86 bits per heavy atom. The van der Waals surface area contributed by atoms with Gasteiger partial charge in [0, 0.05) is 31.3 Å². The number of rotatable bonds is 3. The summed E-state index contributed by atoms with van der Waals surface area (Å²) in [5.74, 6) is 0.170. The first kappa shape index (κ1) is 15.1. The number of ether oxygens (including phenoxy) is 2. The molecule has 0 unspecified atom stereocenters. The SMILES string of the molecule is COc1cc2c(cc1S(=O)(=O)N1CC[C@H](N)C1)OCC(=O)N2. The molecular formula is C13H17N3O5S. The number of carbonyl (C=O) groups is 1. The molecule has 2 aliphatic rings. The predicted octanol–water partition coefficient (Wildman–Crippen LogP) is -0.252. The molecule has 0 aliphatic carbocycles. The molecule has 1 fully saturated rings. The number of benzene rings is 1. The van der Waals surface area contributed by atoms with Gasteiger partial charge in [0.2, 0.25) is 10.0 Å². The number of sulfonamides is 1. The van der Waals surface area contributed by atoms with Gasteiger partial charge in [0.1, 0.15) is 16.4 Å². The number of nitrogens with zero attached hydrogens (tertiary/aromatic N) is 1. The lowest BCUT2D eigenvalue weighted by atomic mass is 10.2. The Labute approximate surface area is 128 Å². The molecule has 1 aromatic rings. The van der Waals surface area contributed by atoms with Crippen LogP contribution in [0.4, 0.5) is 5.69 Å². The number of fused-ring (bicyclic) bond motifs is 1. The van der Waals surface area contributed by atoms with Crippen LogP contribution in [0.1, 0.15) is 6.42 Å². The van der Waals surface area contributed by atoms with Crippen molar-refractivity contribution in [3.05, 3.63) is 12.1 Å². The summed E-state index contributed by atoms with van der Waals surface area (Å²) in [6.45, 7) is 0.509. The van der Waals surface area contributed by atoms with Gasteiger partial charge < -0.3 is 20.5 Å². The highest BCUT2D eigenvalue weighted by atomic mass is 32.2. The standard InChI is InChI=1S/C13H17N3O5S/c1-20-11-4-9-10(21-7-13(17)15-9)5-12(11)22(18,19)16-3-2-8(14)6-16/h4-5,8H,2-3,6-7,14H2,1H3,(H,15,17)/t8-/m0/s1. The minimum atomic E-state index is -3.73. The van der Waals surface area contributed by atoms with Crippen molar-refractivity contribution in [2.24, 2.45) is 5.73 Å². The van der Waals surface area contributed by atoms with E-state index in [1.165, 1.54) is 23.5 Å². The summed E-state index contributed by atoms with van der Waals surface area (Å²) in [5.41, 5.74) is 6.18. The fourth-order valence-electron chi connectivity index (χ4n) is 2.56. The van der Waals surface area contributed by atoms with Gasteiger partial charge in [-0.15, -0.1) is 0 Å². The molecule has 2 aliphatic heterocycles. The zero-order chi connectivity index (χ0) is 15.9. The predicted molar refractivity (Wildman–Crippen MR) is 78.5 cm³/mol. The summed E-state index contributed by atoms with van der Waals surface area (Å²) in [4.78, 5) is 11.3. The molecule has 0 spiro atoms. The number of methoxy groups -OCH3 is 1. The molecular weight excluding hydrogens is 310 g/mol. The van der Waals surface area contributed by atoms with Crippen molar-refractivity contribution < 1.29 is 22.7 Å². The lowest BCUT2D eigenvalue weighted by Crippen LogP contribution is -2.32. The topological polar surface area (TPSA) is 111 Å². The molecule has 3 rings (SSSR count). The molecule has 1 amide bonds. The number of hydrogen-bond acceptors (Lipinski definition) is 6. The van der Waals surface area contributed by atoms with Crippen molar-refractivity contribution in [1.82, 2.24) is 4.31 Å². The first-order chi connectivity index (χ1) is 10.4. The lowest BCUT2D eigenvalue weighted by Gasteiger charge is -2.22. The number of amides is 1. The normalized spacial score (nSPS) is 21.9. The smallest absolute Gasteiger partial charge is 0.262 e. The maximum Gasteiger partial charge on any atom is 0.262 e. The van der Waals surface area contributed by atoms with E-state index in [1.807, 2.05) is 0 Å². The number of carbonyl (C=O) groups excluding carboxylic acids is 1. The number of nitrogens with one attached hydrogen (secondary N) is 1. The van der Waals surface area contributed by atoms with Crippen LogP contribution in [0, 0.1) is 0 Å². The van der Waals surface area contributed by atoms with E-state index in [1.54, 1.807) is 0 Å². The first-order valence-corrected chi connectivity index (χ1v) is 8.26. The van der Waals surface area contributed by atoms with Crippen molar-refractivity contribution in [3.63, 3.8) is 0 Å². The van der Waals surface area contributed by atoms with Gasteiger partial charge in [-0.05, 0) is 6.42 Å². The largest absolute Gasteiger partial charge is 0.495 e. The Hall–Kier alpha value is -1.84. The van der Waals surface area contributed by atoms with Crippen LogP contribution in [0.3, 0.4) is 0 Å². The molecule has 0 aromatic heterocycles. The van der Waals surface area contributed by atoms with E-state index in [9.17, 15) is 13.2 Å². The van der Waals surface area contributed by atoms with E-state index in [2.05, 4.69) is 5.32 Å². The molecule has 3 N–H and O–H groups in total. The van der Waals surface area contributed by atoms with Gasteiger partial charge in [-0.25, -0.2) is 8.42 Å². The third-order valence-corrected chi connectivity index (χ3v) is 5.59. The van der Waals surface area contributed by atoms with Crippen molar-refractivity contribution in [3.8, 4) is 11.5 Å². The summed E-state index contributed by atoms with van der Waals surface area (Å²) in [7, 11) is -2.35. The molecule has 120 valence electrons. The van der Waals surface area contributed by atoms with Crippen LogP contribution < -0.4 is 20.5 Å². The Morgan fingerprint density at radius 2 is 2.23 bits per heavy atom. The molecule has 1 atom stereocenters. The van der Waals surface area contributed by atoms with Crippen LogP contribution >= 0.6 is 0 Å². The van der Waals surface area contributed by atoms with Crippen molar-refractivity contribution >= 4 is 21.6 Å². The maximum atomic E-state index is 12.8. The van der Waals surface area contributed by atoms with Crippen LogP contribution in [0.2, 0.25) is 0 Å². The Morgan fingerprint density at radius 1 is 1.45 bits per heavy atom. The highest BCUT2D eigenvalue weighted by Crippen LogP contribution is 2.38. The first-order valence-electron chi connectivity index (χ1n) is 6.82. The van der Waals surface area contributed by atoms with E-state index in [0.29, 0.717) is 24.4 Å². The van der Waals surface area contributed by atoms with Crippen LogP contribution in [-0.2, 0) is 14.8 Å². The second-order valence-electron chi connectivity index (χ2n) is 5.25. The van der Waals surface area contributed by atoms with Gasteiger partial charge >= 0.3 is 0 Å². The lowest BCUT2D eigenvalue weighted by molar-refractivity contribution is -0.118. The summed E-state index contributed by atoms with van der Waals surface area (Å²) in [6, 6.07) is 2.68. The van der Waals surface area contributed by atoms with Crippen LogP contribution in [0.5, 0.6) is 11.5 Å². The molecule has 1 aromatic carbocycles. The van der Waals surface area contributed by atoms with E-state index < -0.39 is 10.0 Å². The van der Waals surface area contributed by atoms with Gasteiger partial charge in [0.15, 0.2) is 6.61 Å². The summed E-state index contributed by atoms with van der Waals surface area (Å²) >= 11 is 0. The third-order valence-electron chi connectivity index (χ3n) is 3.70. The van der Waals surface area contributed by atoms with Crippen LogP contribution in [-0.4, -0.2) is 51.5 Å². The molecule has 0 bridgehead atoms. The molecule has 0 saturated carbocycles. The second kappa shape index (κ2) is 5.41. The molecule has 1 saturated heterocycles. The monoisotopic (exact) mass is 327 g/mol. The fourth-order valence-corrected chi connectivity index (χ4v) is 4.22. The minimum Gasteiger partial charge on any atom is -0.495 e. The Bertz CT molecular complexity index is 719. The summed E-state index contributed by atoms with van der Waals surface area (Å²) < 4.78 is 37.3. The molecule has 9 heteroatoms. The van der Waals surface area contributed by atoms with E-state index in [-0.39, 0.29) is 35.7 Å². The Kier molecular flexibility index (Phi) is 3.71. The maximum absolute atomic E-state index is 12.8. The van der Waals surface area contributed by atoms with Gasteiger partial charge in [-0.1, -0.05) is 0 Å². The van der Waals surface area contributed by atoms with Crippen molar-refractivity contribution in [2.45, 2.75) is 17.4 Å². The molecule has 2 heterocycles. The summed E-state index contributed by atoms with van der Waals surface area (Å²) in [6.07, 6.45) is 0.624. The van der Waals surface area contributed by atoms with Crippen molar-refractivity contribution in [1.29, 1.82) is 0 Å². The molecule has 0 radical (unpaired) electrons. The number of hydrogen-bond donors (Lipinski definition) is 2. The van der Waals surface area contributed by atoms with Crippen LogP contribution in [0.25, 0.3) is 0 Å². The van der Waals surface area contributed by atoms with Gasteiger partial charge in [-0.2, -0.15) is 4.31 Å². The van der Waals surface area contributed by atoms with Crippen LogP contribution in [0.15, 0.2) is 17.0 Å². The zero-order valence-corrected chi connectivity index (χ0v) is 12.9. The van der Waals surface area contributed by atoms with E-state index in [0.717, 1.165) is 0 Å². The molecule has 8 nitrogen and oxygen atoms in total. The second-order valence-corrected chi connectivity index (χ2v) is 7.15. The third kappa shape index (κ3) is 2.51. The zero-order valence-electron chi connectivity index (χ0n) is 12.0. The van der Waals surface area contributed by atoms with Crippen molar-refractivity contribution in [2.75, 3.05) is 32.1 Å². The number of anilines is 1. The van der Waals surface area contributed by atoms with Gasteiger partial charge in [0.05, 0.1) is 12.8 Å². The highest BCUT2D eigenvalue weighted by molar-refractivity contribution is 7.89.